The van der Waals surface area contributed by atoms with Crippen LogP contribution in [0, 0.1) is 0 Å². The molecule has 0 bridgehead atoms. The molecule has 278 valence electrons. The molecular weight excluding hydrogens is 670 g/mol. The second-order valence-corrected chi connectivity index (χ2v) is 11.3. The van der Waals surface area contributed by atoms with Crippen LogP contribution in [0.3, 0.4) is 0 Å². The van der Waals surface area contributed by atoms with Crippen LogP contribution < -0.4 is 0 Å². The van der Waals surface area contributed by atoms with Crippen molar-refractivity contribution in [2.75, 3.05) is 133 Å². The van der Waals surface area contributed by atoms with E-state index in [1.807, 2.05) is 6.07 Å². The van der Waals surface area contributed by atoms with Crippen molar-refractivity contribution in [2.45, 2.75) is 18.9 Å². The van der Waals surface area contributed by atoms with Crippen molar-refractivity contribution in [3.63, 3.8) is 0 Å². The highest BCUT2D eigenvalue weighted by molar-refractivity contribution is 7.78. The summed E-state index contributed by atoms with van der Waals surface area (Å²) in [5.41, 5.74) is 2.17. The molecular formula is C34H51N5O10S. The van der Waals surface area contributed by atoms with E-state index in [1.165, 1.54) is 14.2 Å². The number of methoxy groups -OCH3 is 2. The molecule has 0 spiro atoms. The number of carbonyl (C=O) groups is 2. The van der Waals surface area contributed by atoms with Crippen LogP contribution in [0.4, 0.5) is 0 Å². The Morgan fingerprint density at radius 2 is 1.52 bits per heavy atom. The van der Waals surface area contributed by atoms with Crippen LogP contribution in [-0.4, -0.2) is 170 Å². The first kappa shape index (κ1) is 41.4. The molecule has 15 nitrogen and oxygen atoms in total. The van der Waals surface area contributed by atoms with Crippen LogP contribution in [0.25, 0.3) is 0 Å². The van der Waals surface area contributed by atoms with Crippen LogP contribution in [0.15, 0.2) is 40.0 Å². The van der Waals surface area contributed by atoms with Crippen molar-refractivity contribution in [2.24, 2.45) is 9.98 Å². The Labute approximate surface area is 299 Å². The van der Waals surface area contributed by atoms with Gasteiger partial charge >= 0.3 is 11.9 Å². The number of hydrogen-bond acceptors (Lipinski definition) is 16. The molecule has 0 N–H and O–H groups in total. The lowest BCUT2D eigenvalue weighted by atomic mass is 10.1. The van der Waals surface area contributed by atoms with E-state index in [2.05, 4.69) is 48.2 Å². The van der Waals surface area contributed by atoms with Gasteiger partial charge in [-0.15, -0.1) is 0 Å². The number of isothiocyanates is 1. The van der Waals surface area contributed by atoms with Gasteiger partial charge in [0.25, 0.3) is 0 Å². The average Bonchev–Trinajstić information content (AvgIpc) is 3.14. The maximum Gasteiger partial charge on any atom is 0.356 e. The molecule has 1 aromatic rings. The molecule has 0 amide bonds. The molecule has 3 rings (SSSR count). The molecule has 1 atom stereocenters. The fraction of sp³-hybridized carbons (Fsp3) is 0.676. The zero-order chi connectivity index (χ0) is 35.7. The Morgan fingerprint density at radius 3 is 2.16 bits per heavy atom. The molecule has 16 heteroatoms. The molecule has 0 aliphatic carbocycles. The first-order chi connectivity index (χ1) is 24.5. The van der Waals surface area contributed by atoms with Gasteiger partial charge in [-0.25, -0.2) is 24.6 Å². The number of allylic oxidation sites excluding steroid dienone is 1. The quantitative estimate of drug-likeness (QED) is 0.119. The van der Waals surface area contributed by atoms with Gasteiger partial charge in [0.1, 0.15) is 11.4 Å². The molecule has 2 aliphatic heterocycles. The van der Waals surface area contributed by atoms with Crippen LogP contribution in [0.2, 0.25) is 0 Å². The summed E-state index contributed by atoms with van der Waals surface area (Å²) < 4.78 is 45.1. The summed E-state index contributed by atoms with van der Waals surface area (Å²) in [7, 11) is 2.70. The summed E-state index contributed by atoms with van der Waals surface area (Å²) in [6, 6.07) is 4.97. The van der Waals surface area contributed by atoms with Gasteiger partial charge in [0.2, 0.25) is 0 Å². The Balaban J connectivity index is 1.58. The van der Waals surface area contributed by atoms with Gasteiger partial charge in [0, 0.05) is 39.1 Å². The number of rotatable bonds is 14. The normalized spacial score (nSPS) is 18.8. The zero-order valence-electron chi connectivity index (χ0n) is 29.3. The number of thiocarbonyl (C=S) groups is 1. The Morgan fingerprint density at radius 1 is 0.880 bits per heavy atom. The van der Waals surface area contributed by atoms with E-state index in [0.717, 1.165) is 12.1 Å². The molecule has 3 heterocycles. The van der Waals surface area contributed by atoms with Crippen LogP contribution in [-0.2, 0) is 42.7 Å². The fourth-order valence-electron chi connectivity index (χ4n) is 5.14. The molecule has 1 saturated heterocycles. The summed E-state index contributed by atoms with van der Waals surface area (Å²) in [4.78, 5) is 41.6. The summed E-state index contributed by atoms with van der Waals surface area (Å²) >= 11 is 4.58. The third-order valence-electron chi connectivity index (χ3n) is 7.75. The predicted molar refractivity (Wildman–Crippen MR) is 188 cm³/mol. The second kappa shape index (κ2) is 25.9. The molecule has 0 radical (unpaired) electrons. The average molecular weight is 722 g/mol. The highest BCUT2D eigenvalue weighted by Gasteiger charge is 2.24. The molecule has 2 aliphatic rings. The molecule has 1 unspecified atom stereocenters. The number of aromatic nitrogens is 1. The number of pyridine rings is 1. The van der Waals surface area contributed by atoms with E-state index in [1.54, 1.807) is 12.1 Å². The van der Waals surface area contributed by atoms with Gasteiger partial charge in [-0.2, -0.15) is 0 Å². The molecule has 1 fully saturated rings. The SMILES string of the molecule is COC(=O)C1=NC(CN2CCOCCOCCN(C(COCCOCCN=C=S)c3cccc(C(=O)OC)n3)CCOCCOCC2)=CCC1. The zero-order valence-corrected chi connectivity index (χ0v) is 30.1. The van der Waals surface area contributed by atoms with Gasteiger partial charge in [-0.1, -0.05) is 12.1 Å². The third kappa shape index (κ3) is 16.3. The lowest BCUT2D eigenvalue weighted by Crippen LogP contribution is -2.38. The largest absolute Gasteiger partial charge is 0.465 e. The third-order valence-corrected chi connectivity index (χ3v) is 7.88. The van der Waals surface area contributed by atoms with Crippen LogP contribution >= 0.6 is 12.2 Å². The number of esters is 2. The van der Waals surface area contributed by atoms with E-state index in [0.29, 0.717) is 136 Å². The van der Waals surface area contributed by atoms with E-state index < -0.39 is 5.97 Å². The van der Waals surface area contributed by atoms with Crippen molar-refractivity contribution < 1.29 is 47.5 Å². The standard InChI is InChI=1S/C34H51N5O10S/c1-42-33(40)30-7-3-5-28(36-30)25-38-10-15-45-19-21-47-17-12-39(13-18-48-22-20-46-16-11-38)32(26-49-24-23-44-14-9-35-27-50)29-6-4-8-31(37-29)34(41)43-2/h4-6,8,32H,3,7,9-26H2,1-2H3. The van der Waals surface area contributed by atoms with E-state index in [9.17, 15) is 9.59 Å². The van der Waals surface area contributed by atoms with Crippen molar-refractivity contribution in [3.05, 3.63) is 41.4 Å². The van der Waals surface area contributed by atoms with E-state index in [-0.39, 0.29) is 17.7 Å². The lowest BCUT2D eigenvalue weighted by Gasteiger charge is -2.31. The minimum atomic E-state index is -0.513. The van der Waals surface area contributed by atoms with E-state index in [4.69, 9.17) is 37.9 Å². The maximum atomic E-state index is 12.3. The molecule has 0 aromatic carbocycles. The van der Waals surface area contributed by atoms with Crippen molar-refractivity contribution in [1.29, 1.82) is 0 Å². The van der Waals surface area contributed by atoms with Crippen LogP contribution in [0.1, 0.15) is 35.1 Å². The van der Waals surface area contributed by atoms with Crippen molar-refractivity contribution >= 4 is 35.0 Å². The molecule has 1 aromatic heterocycles. The van der Waals surface area contributed by atoms with Gasteiger partial charge in [-0.3, -0.25) is 9.80 Å². The number of aliphatic imine (C=N–C) groups is 2. The van der Waals surface area contributed by atoms with Gasteiger partial charge in [0.15, 0.2) is 0 Å². The Bertz CT molecular complexity index is 1240. The van der Waals surface area contributed by atoms with Gasteiger partial charge < -0.3 is 37.9 Å². The van der Waals surface area contributed by atoms with Gasteiger partial charge in [0.05, 0.1) is 123 Å². The molecule has 50 heavy (non-hydrogen) atoms. The smallest absolute Gasteiger partial charge is 0.356 e. The second-order valence-electron chi connectivity index (χ2n) is 11.2. The maximum absolute atomic E-state index is 12.3. The highest BCUT2D eigenvalue weighted by atomic mass is 32.1. The Hall–Kier alpha value is -3.02. The first-order valence-corrected chi connectivity index (χ1v) is 17.3. The molecule has 0 saturated carbocycles. The van der Waals surface area contributed by atoms with E-state index >= 15 is 0 Å². The summed E-state index contributed by atoms with van der Waals surface area (Å²) in [6.07, 6.45) is 3.39. The highest BCUT2D eigenvalue weighted by Crippen LogP contribution is 2.21. The minimum Gasteiger partial charge on any atom is -0.465 e. The minimum absolute atomic E-state index is 0.216. The lowest BCUT2D eigenvalue weighted by molar-refractivity contribution is -0.132. The number of ether oxygens (including phenoxy) is 8. The van der Waals surface area contributed by atoms with Crippen molar-refractivity contribution in [1.82, 2.24) is 14.8 Å². The number of carbonyl (C=O) groups excluding carboxylic acids is 2. The predicted octanol–water partition coefficient (Wildman–Crippen LogP) is 2.02. The monoisotopic (exact) mass is 721 g/mol. The number of nitrogens with zero attached hydrogens (tertiary/aromatic N) is 5. The fourth-order valence-corrected chi connectivity index (χ4v) is 5.23. The van der Waals surface area contributed by atoms with Gasteiger partial charge in [-0.05, 0) is 30.8 Å². The summed E-state index contributed by atoms with van der Waals surface area (Å²) in [5.74, 6) is -0.898. The van der Waals surface area contributed by atoms with Crippen LogP contribution in [0.5, 0.6) is 0 Å². The summed E-state index contributed by atoms with van der Waals surface area (Å²) in [6.45, 7) is 8.55. The number of hydrogen-bond donors (Lipinski definition) is 0. The topological polar surface area (TPSA) is 152 Å². The first-order valence-electron chi connectivity index (χ1n) is 16.9. The van der Waals surface area contributed by atoms with Crippen molar-refractivity contribution in [3.8, 4) is 0 Å². The Kier molecular flexibility index (Phi) is 21.4. The summed E-state index contributed by atoms with van der Waals surface area (Å²) in [5, 5.41) is 2.32.